The summed E-state index contributed by atoms with van der Waals surface area (Å²) in [6.07, 6.45) is 2.54. The molecular formula is C10H19NO2. The molecule has 1 heterocycles. The van der Waals surface area contributed by atoms with Gasteiger partial charge in [-0.05, 0) is 46.7 Å². The van der Waals surface area contributed by atoms with Gasteiger partial charge in [0.25, 0.3) is 0 Å². The number of hydrogen-bond donors (Lipinski definition) is 1. The van der Waals surface area contributed by atoms with Crippen molar-refractivity contribution in [1.82, 2.24) is 5.32 Å². The highest BCUT2D eigenvalue weighted by atomic mass is 16.5. The smallest absolute Gasteiger partial charge is 0.151 e. The molecule has 0 bridgehead atoms. The number of hydrogen-bond acceptors (Lipinski definition) is 3. The summed E-state index contributed by atoms with van der Waals surface area (Å²) in [5.74, 6) is 0. The first-order chi connectivity index (χ1) is 5.97. The van der Waals surface area contributed by atoms with Crippen LogP contribution in [0.25, 0.3) is 0 Å². The number of rotatable bonds is 2. The van der Waals surface area contributed by atoms with Gasteiger partial charge in [0.05, 0.1) is 5.60 Å². The standard InChI is InChI=1S/C10H19NO2/c1-9(2,3)13-10(8-12)4-6-11-7-5-10/h8,11H,4-7H2,1-3H3. The highest BCUT2D eigenvalue weighted by molar-refractivity contribution is 5.63. The molecule has 0 aliphatic carbocycles. The van der Waals surface area contributed by atoms with Gasteiger partial charge in [0.2, 0.25) is 0 Å². The minimum absolute atomic E-state index is 0.238. The second-order valence-electron chi connectivity index (χ2n) is 4.65. The van der Waals surface area contributed by atoms with Gasteiger partial charge in [-0.1, -0.05) is 0 Å². The molecule has 0 unspecified atom stereocenters. The summed E-state index contributed by atoms with van der Waals surface area (Å²) < 4.78 is 5.81. The molecule has 1 fully saturated rings. The number of carbonyl (C=O) groups excluding carboxylic acids is 1. The first-order valence-corrected chi connectivity index (χ1v) is 4.85. The molecule has 0 aromatic carbocycles. The summed E-state index contributed by atoms with van der Waals surface area (Å²) in [6, 6.07) is 0. The molecule has 3 nitrogen and oxygen atoms in total. The van der Waals surface area contributed by atoms with Gasteiger partial charge in [0.15, 0.2) is 6.29 Å². The fourth-order valence-corrected chi connectivity index (χ4v) is 1.70. The highest BCUT2D eigenvalue weighted by Gasteiger charge is 2.36. The fourth-order valence-electron chi connectivity index (χ4n) is 1.70. The highest BCUT2D eigenvalue weighted by Crippen LogP contribution is 2.26. The Morgan fingerprint density at radius 2 is 1.85 bits per heavy atom. The molecule has 0 spiro atoms. The number of ether oxygens (including phenoxy) is 1. The maximum Gasteiger partial charge on any atom is 0.151 e. The van der Waals surface area contributed by atoms with Crippen LogP contribution in [-0.4, -0.2) is 30.6 Å². The lowest BCUT2D eigenvalue weighted by atomic mass is 9.92. The van der Waals surface area contributed by atoms with E-state index in [2.05, 4.69) is 5.32 Å². The quantitative estimate of drug-likeness (QED) is 0.655. The van der Waals surface area contributed by atoms with Crippen LogP contribution < -0.4 is 5.32 Å². The molecule has 1 saturated heterocycles. The van der Waals surface area contributed by atoms with E-state index in [0.717, 1.165) is 32.2 Å². The largest absolute Gasteiger partial charge is 0.362 e. The molecule has 0 radical (unpaired) electrons. The third kappa shape index (κ3) is 3.08. The normalized spacial score (nSPS) is 22.7. The summed E-state index contributed by atoms with van der Waals surface area (Å²) in [4.78, 5) is 11.0. The molecule has 0 amide bonds. The summed E-state index contributed by atoms with van der Waals surface area (Å²) in [7, 11) is 0. The van der Waals surface area contributed by atoms with Crippen LogP contribution in [0, 0.1) is 0 Å². The Labute approximate surface area is 79.8 Å². The van der Waals surface area contributed by atoms with Crippen LogP contribution in [0.2, 0.25) is 0 Å². The molecular weight excluding hydrogens is 166 g/mol. The van der Waals surface area contributed by atoms with Crippen LogP contribution in [0.4, 0.5) is 0 Å². The SMILES string of the molecule is CC(C)(C)OC1(C=O)CCNCC1. The molecule has 3 heteroatoms. The second-order valence-corrected chi connectivity index (χ2v) is 4.65. The summed E-state index contributed by atoms with van der Waals surface area (Å²) in [5, 5.41) is 3.22. The van der Waals surface area contributed by atoms with E-state index >= 15 is 0 Å². The Hall–Kier alpha value is -0.410. The van der Waals surface area contributed by atoms with Crippen molar-refractivity contribution in [3.63, 3.8) is 0 Å². The predicted molar refractivity (Wildman–Crippen MR) is 51.7 cm³/mol. The molecule has 1 N–H and O–H groups in total. The van der Waals surface area contributed by atoms with Crippen LogP contribution in [0.5, 0.6) is 0 Å². The molecule has 1 aliphatic heterocycles. The molecule has 0 saturated carbocycles. The summed E-state index contributed by atoms with van der Waals surface area (Å²) in [5.41, 5.74) is -0.776. The Morgan fingerprint density at radius 1 is 1.31 bits per heavy atom. The van der Waals surface area contributed by atoms with Crippen molar-refractivity contribution in [3.05, 3.63) is 0 Å². The first-order valence-electron chi connectivity index (χ1n) is 4.85. The molecule has 1 rings (SSSR count). The Bertz CT molecular complexity index is 178. The lowest BCUT2D eigenvalue weighted by molar-refractivity contribution is -0.159. The Balaban J connectivity index is 2.63. The maximum atomic E-state index is 11.0. The number of nitrogens with one attached hydrogen (secondary N) is 1. The molecule has 1 aliphatic rings. The molecule has 0 aromatic rings. The average molecular weight is 185 g/mol. The van der Waals surface area contributed by atoms with E-state index in [9.17, 15) is 4.79 Å². The van der Waals surface area contributed by atoms with Gasteiger partial charge in [-0.25, -0.2) is 0 Å². The molecule has 76 valence electrons. The molecule has 0 atom stereocenters. The van der Waals surface area contributed by atoms with Gasteiger partial charge in [0.1, 0.15) is 5.60 Å². The lowest BCUT2D eigenvalue weighted by Gasteiger charge is -2.38. The minimum atomic E-state index is -0.538. The zero-order valence-corrected chi connectivity index (χ0v) is 8.72. The van der Waals surface area contributed by atoms with E-state index in [1.807, 2.05) is 20.8 Å². The maximum absolute atomic E-state index is 11.0. The number of aldehydes is 1. The van der Waals surface area contributed by atoms with Crippen molar-refractivity contribution in [2.24, 2.45) is 0 Å². The topological polar surface area (TPSA) is 38.3 Å². The zero-order chi connectivity index (χ0) is 9.95. The van der Waals surface area contributed by atoms with Gasteiger partial charge in [-0.15, -0.1) is 0 Å². The van der Waals surface area contributed by atoms with Crippen molar-refractivity contribution in [1.29, 1.82) is 0 Å². The monoisotopic (exact) mass is 185 g/mol. The van der Waals surface area contributed by atoms with Gasteiger partial charge >= 0.3 is 0 Å². The molecule has 13 heavy (non-hydrogen) atoms. The van der Waals surface area contributed by atoms with Gasteiger partial charge < -0.3 is 14.8 Å². The van der Waals surface area contributed by atoms with Crippen LogP contribution in [0.1, 0.15) is 33.6 Å². The lowest BCUT2D eigenvalue weighted by Crippen LogP contribution is -2.49. The van der Waals surface area contributed by atoms with Crippen LogP contribution >= 0.6 is 0 Å². The third-order valence-electron chi connectivity index (χ3n) is 2.17. The van der Waals surface area contributed by atoms with Gasteiger partial charge in [-0.2, -0.15) is 0 Å². The second kappa shape index (κ2) is 3.76. The Morgan fingerprint density at radius 3 is 2.23 bits per heavy atom. The van der Waals surface area contributed by atoms with Crippen molar-refractivity contribution < 1.29 is 9.53 Å². The van der Waals surface area contributed by atoms with E-state index in [4.69, 9.17) is 4.74 Å². The predicted octanol–water partition coefficient (Wildman–Crippen LogP) is 1.12. The van der Waals surface area contributed by atoms with Crippen LogP contribution in [0.3, 0.4) is 0 Å². The van der Waals surface area contributed by atoms with Crippen molar-refractivity contribution in [3.8, 4) is 0 Å². The van der Waals surface area contributed by atoms with E-state index in [1.165, 1.54) is 0 Å². The minimum Gasteiger partial charge on any atom is -0.362 e. The van der Waals surface area contributed by atoms with Crippen LogP contribution in [0.15, 0.2) is 0 Å². The van der Waals surface area contributed by atoms with Crippen LogP contribution in [-0.2, 0) is 9.53 Å². The number of carbonyl (C=O) groups is 1. The summed E-state index contributed by atoms with van der Waals surface area (Å²) in [6.45, 7) is 7.70. The summed E-state index contributed by atoms with van der Waals surface area (Å²) >= 11 is 0. The molecule has 0 aromatic heterocycles. The van der Waals surface area contributed by atoms with E-state index in [-0.39, 0.29) is 5.60 Å². The van der Waals surface area contributed by atoms with Crippen molar-refractivity contribution in [2.75, 3.05) is 13.1 Å². The Kier molecular flexibility index (Phi) is 3.09. The third-order valence-corrected chi connectivity index (χ3v) is 2.17. The fraction of sp³-hybridized carbons (Fsp3) is 0.900. The van der Waals surface area contributed by atoms with E-state index in [0.29, 0.717) is 0 Å². The van der Waals surface area contributed by atoms with Gasteiger partial charge in [0, 0.05) is 0 Å². The van der Waals surface area contributed by atoms with Gasteiger partial charge in [-0.3, -0.25) is 0 Å². The zero-order valence-electron chi connectivity index (χ0n) is 8.72. The van der Waals surface area contributed by atoms with E-state index < -0.39 is 5.60 Å². The van der Waals surface area contributed by atoms with Crippen molar-refractivity contribution >= 4 is 6.29 Å². The number of piperidine rings is 1. The van der Waals surface area contributed by atoms with Crippen molar-refractivity contribution in [2.45, 2.75) is 44.8 Å². The first kappa shape index (κ1) is 10.7. The van der Waals surface area contributed by atoms with E-state index in [1.54, 1.807) is 0 Å². The average Bonchev–Trinajstić information content (AvgIpc) is 2.03.